The number of fused-ring (bicyclic) bond motifs is 1. The summed E-state index contributed by atoms with van der Waals surface area (Å²) < 4.78 is 17.3. The predicted octanol–water partition coefficient (Wildman–Crippen LogP) is 2.58. The van der Waals surface area contributed by atoms with Crippen molar-refractivity contribution >= 4 is 0 Å². The Morgan fingerprint density at radius 2 is 1.91 bits per heavy atom. The van der Waals surface area contributed by atoms with Crippen LogP contribution in [0.3, 0.4) is 0 Å². The summed E-state index contributed by atoms with van der Waals surface area (Å²) in [5.41, 5.74) is 2.18. The molecule has 22 heavy (non-hydrogen) atoms. The van der Waals surface area contributed by atoms with Crippen LogP contribution in [0.5, 0.6) is 11.5 Å². The number of hydrogen-bond donors (Lipinski definition) is 1. The van der Waals surface area contributed by atoms with Gasteiger partial charge in [0.2, 0.25) is 0 Å². The van der Waals surface area contributed by atoms with Crippen LogP contribution in [0.15, 0.2) is 48.5 Å². The monoisotopic (exact) mass is 300 g/mol. The fourth-order valence-electron chi connectivity index (χ4n) is 2.41. The Bertz CT molecular complexity index is 597. The number of aliphatic hydroxyl groups is 1. The third kappa shape index (κ3) is 3.78. The third-order valence-electron chi connectivity index (χ3n) is 3.54. The first-order chi connectivity index (χ1) is 10.8. The Kier molecular flexibility index (Phi) is 4.93. The van der Waals surface area contributed by atoms with Crippen molar-refractivity contribution in [2.75, 3.05) is 19.8 Å². The Hall–Kier alpha value is -2.04. The van der Waals surface area contributed by atoms with Crippen molar-refractivity contribution in [1.29, 1.82) is 0 Å². The van der Waals surface area contributed by atoms with Crippen LogP contribution >= 0.6 is 0 Å². The van der Waals surface area contributed by atoms with Gasteiger partial charge in [-0.2, -0.15) is 0 Å². The van der Waals surface area contributed by atoms with Gasteiger partial charge in [0, 0.05) is 6.61 Å². The van der Waals surface area contributed by atoms with Gasteiger partial charge in [0.05, 0.1) is 13.2 Å². The van der Waals surface area contributed by atoms with E-state index in [9.17, 15) is 0 Å². The van der Waals surface area contributed by atoms with E-state index in [1.54, 1.807) is 0 Å². The summed E-state index contributed by atoms with van der Waals surface area (Å²) in [7, 11) is 0. The summed E-state index contributed by atoms with van der Waals surface area (Å²) in [6.07, 6.45) is 0.506. The van der Waals surface area contributed by atoms with Crippen LogP contribution in [0.2, 0.25) is 0 Å². The molecule has 1 atom stereocenters. The first-order valence-corrected chi connectivity index (χ1v) is 7.50. The molecule has 1 N–H and O–H groups in total. The minimum absolute atomic E-state index is 0.111. The molecule has 0 amide bonds. The van der Waals surface area contributed by atoms with E-state index >= 15 is 0 Å². The summed E-state index contributed by atoms with van der Waals surface area (Å²) in [6.45, 7) is 1.67. The minimum Gasteiger partial charge on any atom is -0.486 e. The molecule has 116 valence electrons. The molecule has 0 bridgehead atoms. The second-order valence-electron chi connectivity index (χ2n) is 5.31. The maximum Gasteiger partial charge on any atom is 0.162 e. The van der Waals surface area contributed by atoms with Crippen molar-refractivity contribution in [3.05, 3.63) is 59.7 Å². The maximum absolute atomic E-state index is 9.01. The Balaban J connectivity index is 1.53. The molecule has 4 nitrogen and oxygen atoms in total. The lowest BCUT2D eigenvalue weighted by molar-refractivity contribution is 0.00265. The molecule has 0 aromatic heterocycles. The molecule has 0 saturated carbocycles. The highest BCUT2D eigenvalue weighted by molar-refractivity contribution is 5.44. The van der Waals surface area contributed by atoms with Crippen LogP contribution in [0.4, 0.5) is 0 Å². The van der Waals surface area contributed by atoms with E-state index in [0.29, 0.717) is 26.2 Å². The SMILES string of the molecule is OCCc1ccc2c(c1)O[C@@H](COCc1ccccc1)CO2. The normalized spacial score (nSPS) is 16.5. The lowest BCUT2D eigenvalue weighted by atomic mass is 10.1. The Labute approximate surface area is 130 Å². The van der Waals surface area contributed by atoms with Crippen molar-refractivity contribution in [2.45, 2.75) is 19.1 Å². The number of rotatable bonds is 6. The van der Waals surface area contributed by atoms with Gasteiger partial charge in [-0.05, 0) is 29.7 Å². The van der Waals surface area contributed by atoms with Gasteiger partial charge in [-0.1, -0.05) is 36.4 Å². The minimum atomic E-state index is -0.111. The third-order valence-corrected chi connectivity index (χ3v) is 3.54. The fourth-order valence-corrected chi connectivity index (χ4v) is 2.41. The molecule has 0 fully saturated rings. The lowest BCUT2D eigenvalue weighted by Gasteiger charge is -2.26. The Morgan fingerprint density at radius 3 is 2.73 bits per heavy atom. The molecule has 1 aliphatic rings. The molecule has 4 heteroatoms. The van der Waals surface area contributed by atoms with Gasteiger partial charge in [-0.3, -0.25) is 0 Å². The van der Waals surface area contributed by atoms with E-state index in [1.165, 1.54) is 0 Å². The Morgan fingerprint density at radius 1 is 1.05 bits per heavy atom. The number of benzene rings is 2. The summed E-state index contributed by atoms with van der Waals surface area (Å²) in [5.74, 6) is 1.48. The van der Waals surface area contributed by atoms with E-state index in [2.05, 4.69) is 0 Å². The average molecular weight is 300 g/mol. The molecule has 3 rings (SSSR count). The van der Waals surface area contributed by atoms with Gasteiger partial charge in [-0.25, -0.2) is 0 Å². The van der Waals surface area contributed by atoms with E-state index in [0.717, 1.165) is 22.6 Å². The highest BCUT2D eigenvalue weighted by Crippen LogP contribution is 2.32. The standard InChI is InChI=1S/C18H20O4/c19-9-8-14-6-7-17-18(10-14)22-16(13-21-17)12-20-11-15-4-2-1-3-5-15/h1-7,10,16,19H,8-9,11-13H2/t16-/m0/s1. The molecule has 0 radical (unpaired) electrons. The smallest absolute Gasteiger partial charge is 0.162 e. The van der Waals surface area contributed by atoms with Crippen molar-refractivity contribution < 1.29 is 19.3 Å². The summed E-state index contributed by atoms with van der Waals surface area (Å²) in [4.78, 5) is 0. The van der Waals surface area contributed by atoms with Crippen LogP contribution in [0.25, 0.3) is 0 Å². The zero-order chi connectivity index (χ0) is 15.2. The van der Waals surface area contributed by atoms with Crippen LogP contribution in [-0.2, 0) is 17.8 Å². The molecule has 0 spiro atoms. The molecule has 1 heterocycles. The molecule has 1 aliphatic heterocycles. The highest BCUT2D eigenvalue weighted by Gasteiger charge is 2.21. The van der Waals surface area contributed by atoms with E-state index < -0.39 is 0 Å². The van der Waals surface area contributed by atoms with Gasteiger partial charge in [-0.15, -0.1) is 0 Å². The van der Waals surface area contributed by atoms with E-state index in [-0.39, 0.29) is 12.7 Å². The largest absolute Gasteiger partial charge is 0.486 e. The number of ether oxygens (including phenoxy) is 3. The van der Waals surface area contributed by atoms with Crippen LogP contribution < -0.4 is 9.47 Å². The summed E-state index contributed by atoms with van der Waals surface area (Å²) in [5, 5.41) is 9.01. The van der Waals surface area contributed by atoms with Gasteiger partial charge in [0.1, 0.15) is 6.61 Å². The zero-order valence-electron chi connectivity index (χ0n) is 12.4. The van der Waals surface area contributed by atoms with Crippen molar-refractivity contribution in [1.82, 2.24) is 0 Å². The van der Waals surface area contributed by atoms with Crippen molar-refractivity contribution in [2.24, 2.45) is 0 Å². The van der Waals surface area contributed by atoms with Crippen molar-refractivity contribution in [3.63, 3.8) is 0 Å². The molecule has 0 saturated heterocycles. The molecule has 0 aliphatic carbocycles. The van der Waals surface area contributed by atoms with Crippen molar-refractivity contribution in [3.8, 4) is 11.5 Å². The van der Waals surface area contributed by atoms with Gasteiger partial charge in [0.25, 0.3) is 0 Å². The fraction of sp³-hybridized carbons (Fsp3) is 0.333. The topological polar surface area (TPSA) is 47.9 Å². The van der Waals surface area contributed by atoms with Crippen LogP contribution in [-0.4, -0.2) is 31.0 Å². The van der Waals surface area contributed by atoms with E-state index in [1.807, 2.05) is 48.5 Å². The molecular weight excluding hydrogens is 280 g/mol. The van der Waals surface area contributed by atoms with Gasteiger partial charge < -0.3 is 19.3 Å². The first-order valence-electron chi connectivity index (χ1n) is 7.50. The van der Waals surface area contributed by atoms with Crippen LogP contribution in [0.1, 0.15) is 11.1 Å². The molecular formula is C18H20O4. The summed E-state index contributed by atoms with van der Waals surface area (Å²) in [6, 6.07) is 15.8. The first kappa shape index (κ1) is 14.9. The second kappa shape index (κ2) is 7.29. The average Bonchev–Trinajstić information content (AvgIpc) is 2.56. The number of aliphatic hydroxyl groups excluding tert-OH is 1. The van der Waals surface area contributed by atoms with E-state index in [4.69, 9.17) is 19.3 Å². The quantitative estimate of drug-likeness (QED) is 0.891. The zero-order valence-corrected chi connectivity index (χ0v) is 12.4. The lowest BCUT2D eigenvalue weighted by Crippen LogP contribution is -2.33. The predicted molar refractivity (Wildman–Crippen MR) is 83.2 cm³/mol. The highest BCUT2D eigenvalue weighted by atomic mass is 16.6. The molecule has 2 aromatic carbocycles. The second-order valence-corrected chi connectivity index (χ2v) is 5.31. The van der Waals surface area contributed by atoms with Gasteiger partial charge in [0.15, 0.2) is 17.6 Å². The molecule has 2 aromatic rings. The van der Waals surface area contributed by atoms with Crippen LogP contribution in [0, 0.1) is 0 Å². The van der Waals surface area contributed by atoms with Gasteiger partial charge >= 0.3 is 0 Å². The maximum atomic E-state index is 9.01. The number of hydrogen-bond acceptors (Lipinski definition) is 4. The summed E-state index contributed by atoms with van der Waals surface area (Å²) >= 11 is 0. The molecule has 0 unspecified atom stereocenters.